The van der Waals surface area contributed by atoms with E-state index in [9.17, 15) is 4.79 Å². The van der Waals surface area contributed by atoms with Crippen LogP contribution in [0.15, 0.2) is 18.2 Å². The molecular weight excluding hydrogens is 292 g/mol. The van der Waals surface area contributed by atoms with Crippen molar-refractivity contribution < 1.29 is 19.0 Å². The first kappa shape index (κ1) is 19.3. The Labute approximate surface area is 140 Å². The van der Waals surface area contributed by atoms with E-state index in [-0.39, 0.29) is 12.6 Å². The van der Waals surface area contributed by atoms with Gasteiger partial charge in [-0.1, -0.05) is 45.6 Å². The van der Waals surface area contributed by atoms with E-state index in [0.717, 1.165) is 24.3 Å². The van der Waals surface area contributed by atoms with Gasteiger partial charge in [-0.05, 0) is 30.0 Å². The highest BCUT2D eigenvalue weighted by Gasteiger charge is 2.07. The van der Waals surface area contributed by atoms with Gasteiger partial charge in [0.25, 0.3) is 0 Å². The average molecular weight is 322 g/mol. The van der Waals surface area contributed by atoms with Crippen molar-refractivity contribution in [3.05, 3.63) is 23.8 Å². The molecule has 0 unspecified atom stereocenters. The highest BCUT2D eigenvalue weighted by atomic mass is 16.5. The molecule has 0 saturated carbocycles. The molecule has 1 aromatic rings. The van der Waals surface area contributed by atoms with Gasteiger partial charge in [-0.15, -0.1) is 0 Å². The zero-order chi connectivity index (χ0) is 17.1. The van der Waals surface area contributed by atoms with Gasteiger partial charge in [0.05, 0.1) is 14.2 Å². The molecular formula is C19H30O4. The fourth-order valence-corrected chi connectivity index (χ4v) is 2.38. The van der Waals surface area contributed by atoms with Gasteiger partial charge in [-0.2, -0.15) is 0 Å². The van der Waals surface area contributed by atoms with Crippen molar-refractivity contribution in [2.24, 2.45) is 5.92 Å². The monoisotopic (exact) mass is 322 g/mol. The van der Waals surface area contributed by atoms with Crippen LogP contribution in [0.3, 0.4) is 0 Å². The molecule has 4 heteroatoms. The maximum atomic E-state index is 11.8. The molecule has 0 aromatic heterocycles. The Morgan fingerprint density at radius 1 is 1.00 bits per heavy atom. The van der Waals surface area contributed by atoms with E-state index in [2.05, 4.69) is 13.8 Å². The molecule has 0 aliphatic carbocycles. The first-order valence-corrected chi connectivity index (χ1v) is 8.43. The zero-order valence-electron chi connectivity index (χ0n) is 14.9. The third-order valence-corrected chi connectivity index (χ3v) is 3.76. The molecule has 0 bridgehead atoms. The van der Waals surface area contributed by atoms with Crippen LogP contribution < -0.4 is 9.47 Å². The molecule has 23 heavy (non-hydrogen) atoms. The Morgan fingerprint density at radius 3 is 2.35 bits per heavy atom. The second-order valence-electron chi connectivity index (χ2n) is 6.20. The highest BCUT2D eigenvalue weighted by Crippen LogP contribution is 2.27. The van der Waals surface area contributed by atoms with Crippen LogP contribution in [0, 0.1) is 5.92 Å². The lowest BCUT2D eigenvalue weighted by Crippen LogP contribution is -2.04. The van der Waals surface area contributed by atoms with Crippen LogP contribution >= 0.6 is 0 Å². The average Bonchev–Trinajstić information content (AvgIpc) is 2.55. The van der Waals surface area contributed by atoms with Gasteiger partial charge >= 0.3 is 5.97 Å². The van der Waals surface area contributed by atoms with Crippen LogP contribution in [0.2, 0.25) is 0 Å². The number of ether oxygens (including phenoxy) is 3. The lowest BCUT2D eigenvalue weighted by molar-refractivity contribution is -0.145. The SMILES string of the molecule is COc1ccc(COC(=O)CCCCCCC(C)C)cc1OC. The fourth-order valence-electron chi connectivity index (χ4n) is 2.38. The predicted octanol–water partition coefficient (Wildman–Crippen LogP) is 4.74. The number of carbonyl (C=O) groups is 1. The van der Waals surface area contributed by atoms with Crippen molar-refractivity contribution in [3.63, 3.8) is 0 Å². The van der Waals surface area contributed by atoms with E-state index in [1.165, 1.54) is 19.3 Å². The lowest BCUT2D eigenvalue weighted by Gasteiger charge is -2.10. The second-order valence-corrected chi connectivity index (χ2v) is 6.20. The fraction of sp³-hybridized carbons (Fsp3) is 0.632. The van der Waals surface area contributed by atoms with Crippen molar-refractivity contribution >= 4 is 5.97 Å². The van der Waals surface area contributed by atoms with Gasteiger partial charge < -0.3 is 14.2 Å². The van der Waals surface area contributed by atoms with E-state index in [0.29, 0.717) is 17.9 Å². The third kappa shape index (κ3) is 7.91. The lowest BCUT2D eigenvalue weighted by atomic mass is 10.0. The smallest absolute Gasteiger partial charge is 0.306 e. The summed E-state index contributed by atoms with van der Waals surface area (Å²) < 4.78 is 15.7. The van der Waals surface area contributed by atoms with Gasteiger partial charge in [0.1, 0.15) is 6.61 Å². The van der Waals surface area contributed by atoms with Crippen molar-refractivity contribution in [2.45, 2.75) is 59.0 Å². The van der Waals surface area contributed by atoms with Gasteiger partial charge in [-0.25, -0.2) is 0 Å². The summed E-state index contributed by atoms with van der Waals surface area (Å²) in [6.45, 7) is 4.75. The number of rotatable bonds is 11. The first-order valence-electron chi connectivity index (χ1n) is 8.43. The molecule has 0 heterocycles. The van der Waals surface area contributed by atoms with Crippen LogP contribution in [-0.2, 0) is 16.1 Å². The van der Waals surface area contributed by atoms with E-state index >= 15 is 0 Å². The molecule has 0 fully saturated rings. The molecule has 0 spiro atoms. The summed E-state index contributed by atoms with van der Waals surface area (Å²) in [5.41, 5.74) is 0.896. The predicted molar refractivity (Wildman–Crippen MR) is 91.9 cm³/mol. The number of unbranched alkanes of at least 4 members (excludes halogenated alkanes) is 3. The second kappa shape index (κ2) is 10.9. The molecule has 0 atom stereocenters. The first-order chi connectivity index (χ1) is 11.1. The van der Waals surface area contributed by atoms with Crippen LogP contribution in [0.4, 0.5) is 0 Å². The van der Waals surface area contributed by atoms with E-state index in [1.54, 1.807) is 14.2 Å². The molecule has 0 aliphatic rings. The number of methoxy groups -OCH3 is 2. The Morgan fingerprint density at radius 2 is 1.70 bits per heavy atom. The summed E-state index contributed by atoms with van der Waals surface area (Å²) in [5, 5.41) is 0. The van der Waals surface area contributed by atoms with Crippen LogP contribution in [0.5, 0.6) is 11.5 Å². The van der Waals surface area contributed by atoms with Crippen molar-refractivity contribution in [1.82, 2.24) is 0 Å². The number of hydrogen-bond acceptors (Lipinski definition) is 4. The quantitative estimate of drug-likeness (QED) is 0.436. The Hall–Kier alpha value is -1.71. The molecule has 130 valence electrons. The molecule has 0 N–H and O–H groups in total. The van der Waals surface area contributed by atoms with Gasteiger partial charge in [-0.3, -0.25) is 4.79 Å². The summed E-state index contributed by atoms with van der Waals surface area (Å²) in [7, 11) is 3.19. The van der Waals surface area contributed by atoms with Gasteiger partial charge in [0, 0.05) is 6.42 Å². The molecule has 0 radical (unpaired) electrons. The molecule has 4 nitrogen and oxygen atoms in total. The zero-order valence-corrected chi connectivity index (χ0v) is 14.9. The minimum atomic E-state index is -0.136. The number of carbonyl (C=O) groups excluding carboxylic acids is 1. The van der Waals surface area contributed by atoms with E-state index in [4.69, 9.17) is 14.2 Å². The Kier molecular flexibility index (Phi) is 9.18. The number of hydrogen-bond donors (Lipinski definition) is 0. The largest absolute Gasteiger partial charge is 0.493 e. The molecule has 1 aromatic carbocycles. The minimum Gasteiger partial charge on any atom is -0.493 e. The van der Waals surface area contributed by atoms with Crippen molar-refractivity contribution in [2.75, 3.05) is 14.2 Å². The summed E-state index contributed by atoms with van der Waals surface area (Å²) in [6, 6.07) is 5.52. The summed E-state index contributed by atoms with van der Waals surface area (Å²) in [6.07, 6.45) is 6.21. The summed E-state index contributed by atoms with van der Waals surface area (Å²) in [4.78, 5) is 11.8. The van der Waals surface area contributed by atoms with Gasteiger partial charge in [0.15, 0.2) is 11.5 Å². The maximum Gasteiger partial charge on any atom is 0.306 e. The topological polar surface area (TPSA) is 44.8 Å². The van der Waals surface area contributed by atoms with Crippen molar-refractivity contribution in [1.29, 1.82) is 0 Å². The van der Waals surface area contributed by atoms with Crippen LogP contribution in [-0.4, -0.2) is 20.2 Å². The molecule has 1 rings (SSSR count). The number of esters is 1. The number of benzene rings is 1. The van der Waals surface area contributed by atoms with Crippen LogP contribution in [0.25, 0.3) is 0 Å². The van der Waals surface area contributed by atoms with Gasteiger partial charge in [0.2, 0.25) is 0 Å². The standard InChI is InChI=1S/C19H30O4/c1-15(2)9-7-5-6-8-10-19(20)23-14-16-11-12-17(21-3)18(13-16)22-4/h11-13,15H,5-10,14H2,1-4H3. The maximum absolute atomic E-state index is 11.8. The van der Waals surface area contributed by atoms with Crippen LogP contribution in [0.1, 0.15) is 57.9 Å². The third-order valence-electron chi connectivity index (χ3n) is 3.76. The summed E-state index contributed by atoms with van der Waals surface area (Å²) in [5.74, 6) is 1.94. The molecule has 0 aliphatic heterocycles. The molecule has 0 saturated heterocycles. The highest BCUT2D eigenvalue weighted by molar-refractivity contribution is 5.69. The Balaban J connectivity index is 2.23. The summed E-state index contributed by atoms with van der Waals surface area (Å²) >= 11 is 0. The Bertz CT molecular complexity index is 468. The van der Waals surface area contributed by atoms with Crippen molar-refractivity contribution in [3.8, 4) is 11.5 Å². The normalized spacial score (nSPS) is 10.7. The minimum absolute atomic E-state index is 0.136. The van der Waals surface area contributed by atoms with E-state index in [1.807, 2.05) is 18.2 Å². The van der Waals surface area contributed by atoms with E-state index < -0.39 is 0 Å². The molecule has 0 amide bonds.